The van der Waals surface area contributed by atoms with Gasteiger partial charge in [-0.15, -0.1) is 10.2 Å². The van der Waals surface area contributed by atoms with E-state index in [9.17, 15) is 17.6 Å². The van der Waals surface area contributed by atoms with E-state index >= 15 is 0 Å². The van der Waals surface area contributed by atoms with Crippen LogP contribution in [0.4, 0.5) is 15.2 Å². The van der Waals surface area contributed by atoms with Gasteiger partial charge in [-0.3, -0.25) is 14.8 Å². The van der Waals surface area contributed by atoms with E-state index in [0.29, 0.717) is 5.13 Å². The Morgan fingerprint density at radius 3 is 2.54 bits per heavy atom. The number of carbonyl (C=O) groups is 1. The SMILES string of the molecule is CCCc1nnc(NC(=O)c2ccccc2NS(=O)(=O)c2ccc(F)cc2)s1. The van der Waals surface area contributed by atoms with Crippen LogP contribution in [0.1, 0.15) is 28.7 Å². The molecule has 1 amide bonds. The number of halogens is 1. The Morgan fingerprint density at radius 2 is 1.82 bits per heavy atom. The van der Waals surface area contributed by atoms with Gasteiger partial charge in [0.2, 0.25) is 5.13 Å². The van der Waals surface area contributed by atoms with E-state index in [1.54, 1.807) is 12.1 Å². The molecule has 2 aromatic carbocycles. The molecular weight excluding hydrogens is 403 g/mol. The lowest BCUT2D eigenvalue weighted by Crippen LogP contribution is -2.18. The minimum absolute atomic E-state index is 0.0996. The smallest absolute Gasteiger partial charge is 0.261 e. The van der Waals surface area contributed by atoms with Crippen molar-refractivity contribution in [3.63, 3.8) is 0 Å². The van der Waals surface area contributed by atoms with E-state index in [2.05, 4.69) is 20.2 Å². The summed E-state index contributed by atoms with van der Waals surface area (Å²) in [5.41, 5.74) is 0.225. The van der Waals surface area contributed by atoms with Gasteiger partial charge in [-0.1, -0.05) is 30.4 Å². The van der Waals surface area contributed by atoms with Crippen molar-refractivity contribution in [2.24, 2.45) is 0 Å². The number of rotatable bonds is 7. The molecule has 0 radical (unpaired) electrons. The summed E-state index contributed by atoms with van der Waals surface area (Å²) in [5, 5.41) is 11.7. The van der Waals surface area contributed by atoms with Crippen molar-refractivity contribution < 1.29 is 17.6 Å². The highest BCUT2D eigenvalue weighted by Gasteiger charge is 2.19. The minimum atomic E-state index is -3.98. The van der Waals surface area contributed by atoms with Gasteiger partial charge in [0.25, 0.3) is 15.9 Å². The topological polar surface area (TPSA) is 101 Å². The van der Waals surface area contributed by atoms with Crippen LogP contribution >= 0.6 is 11.3 Å². The van der Waals surface area contributed by atoms with Crippen LogP contribution in [0.3, 0.4) is 0 Å². The van der Waals surface area contributed by atoms with Gasteiger partial charge in [0.05, 0.1) is 16.1 Å². The quantitative estimate of drug-likeness (QED) is 0.607. The first-order valence-electron chi connectivity index (χ1n) is 8.40. The molecule has 7 nitrogen and oxygen atoms in total. The maximum Gasteiger partial charge on any atom is 0.261 e. The molecule has 3 rings (SSSR count). The lowest BCUT2D eigenvalue weighted by Gasteiger charge is -2.12. The highest BCUT2D eigenvalue weighted by atomic mass is 32.2. The largest absolute Gasteiger partial charge is 0.296 e. The number of benzene rings is 2. The number of para-hydroxylation sites is 1. The molecule has 0 aliphatic heterocycles. The van der Waals surface area contributed by atoms with E-state index < -0.39 is 21.7 Å². The summed E-state index contributed by atoms with van der Waals surface area (Å²) in [6.07, 6.45) is 1.68. The van der Waals surface area contributed by atoms with Gasteiger partial charge < -0.3 is 0 Å². The molecule has 0 saturated heterocycles. The second-order valence-corrected chi connectivity index (χ2v) is 8.55. The van der Waals surface area contributed by atoms with Crippen molar-refractivity contribution in [2.45, 2.75) is 24.7 Å². The normalized spacial score (nSPS) is 11.2. The monoisotopic (exact) mass is 420 g/mol. The molecule has 28 heavy (non-hydrogen) atoms. The molecule has 0 aliphatic rings. The Morgan fingerprint density at radius 1 is 1.11 bits per heavy atom. The zero-order chi connectivity index (χ0) is 20.1. The van der Waals surface area contributed by atoms with Crippen LogP contribution in [-0.4, -0.2) is 24.5 Å². The van der Waals surface area contributed by atoms with Crippen LogP contribution in [0.2, 0.25) is 0 Å². The van der Waals surface area contributed by atoms with Gasteiger partial charge in [-0.25, -0.2) is 12.8 Å². The number of aryl methyl sites for hydroxylation is 1. The van der Waals surface area contributed by atoms with Crippen LogP contribution in [0.15, 0.2) is 53.4 Å². The molecule has 146 valence electrons. The van der Waals surface area contributed by atoms with E-state index in [1.165, 1.54) is 23.5 Å². The lowest BCUT2D eigenvalue weighted by atomic mass is 10.2. The van der Waals surface area contributed by atoms with Crippen molar-refractivity contribution in [2.75, 3.05) is 10.0 Å². The summed E-state index contributed by atoms with van der Waals surface area (Å²) >= 11 is 1.27. The molecule has 3 aromatic rings. The van der Waals surface area contributed by atoms with Crippen LogP contribution in [-0.2, 0) is 16.4 Å². The Kier molecular flexibility index (Phi) is 6.00. The highest BCUT2D eigenvalue weighted by molar-refractivity contribution is 7.92. The van der Waals surface area contributed by atoms with Gasteiger partial charge in [0.1, 0.15) is 10.8 Å². The number of amides is 1. The van der Waals surface area contributed by atoms with Crippen LogP contribution in [0.5, 0.6) is 0 Å². The Balaban J connectivity index is 1.82. The Labute approximate surface area is 165 Å². The fraction of sp³-hybridized carbons (Fsp3) is 0.167. The molecule has 1 heterocycles. The standard InChI is InChI=1S/C18H17FN4O3S2/c1-2-5-16-21-22-18(27-16)20-17(24)14-6-3-4-7-15(14)23-28(25,26)13-10-8-12(19)9-11-13/h3-4,6-11,23H,2,5H2,1H3,(H,20,22,24). The van der Waals surface area contributed by atoms with Crippen molar-refractivity contribution in [3.05, 3.63) is 64.9 Å². The van der Waals surface area contributed by atoms with Gasteiger partial charge in [0.15, 0.2) is 0 Å². The van der Waals surface area contributed by atoms with Crippen molar-refractivity contribution >= 4 is 38.1 Å². The minimum Gasteiger partial charge on any atom is -0.296 e. The third-order valence-corrected chi connectivity index (χ3v) is 5.97. The van der Waals surface area contributed by atoms with E-state index in [4.69, 9.17) is 0 Å². The maximum absolute atomic E-state index is 13.1. The molecule has 0 aliphatic carbocycles. The average molecular weight is 420 g/mol. The van der Waals surface area contributed by atoms with Crippen LogP contribution in [0, 0.1) is 5.82 Å². The summed E-state index contributed by atoms with van der Waals surface area (Å²) in [7, 11) is -3.98. The van der Waals surface area contributed by atoms with E-state index in [-0.39, 0.29) is 16.1 Å². The zero-order valence-corrected chi connectivity index (χ0v) is 16.5. The molecule has 0 saturated carbocycles. The van der Waals surface area contributed by atoms with Crippen molar-refractivity contribution in [3.8, 4) is 0 Å². The summed E-state index contributed by atoms with van der Waals surface area (Å²) in [6.45, 7) is 2.02. The Bertz CT molecular complexity index is 1080. The molecular formula is C18H17FN4O3S2. The molecule has 1 aromatic heterocycles. The first-order valence-corrected chi connectivity index (χ1v) is 10.7. The zero-order valence-electron chi connectivity index (χ0n) is 14.8. The van der Waals surface area contributed by atoms with Gasteiger partial charge in [-0.05, 0) is 42.8 Å². The number of sulfonamides is 1. The van der Waals surface area contributed by atoms with Gasteiger partial charge >= 0.3 is 0 Å². The maximum atomic E-state index is 13.1. The number of hydrogen-bond acceptors (Lipinski definition) is 6. The number of anilines is 2. The predicted molar refractivity (Wildman–Crippen MR) is 106 cm³/mol. The Hall–Kier alpha value is -2.85. The number of aromatic nitrogens is 2. The fourth-order valence-electron chi connectivity index (χ4n) is 2.37. The molecule has 0 spiro atoms. The number of nitrogens with one attached hydrogen (secondary N) is 2. The third-order valence-electron chi connectivity index (χ3n) is 3.69. The second-order valence-electron chi connectivity index (χ2n) is 5.81. The first-order chi connectivity index (χ1) is 13.4. The fourth-order valence-corrected chi connectivity index (χ4v) is 4.29. The van der Waals surface area contributed by atoms with Gasteiger partial charge in [0, 0.05) is 6.42 Å². The lowest BCUT2D eigenvalue weighted by molar-refractivity contribution is 0.102. The summed E-state index contributed by atoms with van der Waals surface area (Å²) in [6, 6.07) is 10.6. The molecule has 0 atom stereocenters. The van der Waals surface area contributed by atoms with Crippen molar-refractivity contribution in [1.82, 2.24) is 10.2 Å². The third kappa shape index (κ3) is 4.70. The molecule has 2 N–H and O–H groups in total. The summed E-state index contributed by atoms with van der Waals surface area (Å²) < 4.78 is 40.5. The average Bonchev–Trinajstić information content (AvgIpc) is 3.09. The van der Waals surface area contributed by atoms with E-state index in [1.807, 2.05) is 6.92 Å². The molecule has 10 heteroatoms. The van der Waals surface area contributed by atoms with Crippen molar-refractivity contribution in [1.29, 1.82) is 0 Å². The number of nitrogens with zero attached hydrogens (tertiary/aromatic N) is 2. The first kappa shape index (κ1) is 19.9. The number of hydrogen-bond donors (Lipinski definition) is 2. The number of carbonyl (C=O) groups excluding carboxylic acids is 1. The molecule has 0 unspecified atom stereocenters. The molecule has 0 bridgehead atoms. The highest BCUT2D eigenvalue weighted by Crippen LogP contribution is 2.23. The summed E-state index contributed by atoms with van der Waals surface area (Å²) in [5.74, 6) is -1.06. The van der Waals surface area contributed by atoms with Crippen LogP contribution < -0.4 is 10.0 Å². The van der Waals surface area contributed by atoms with Gasteiger partial charge in [-0.2, -0.15) is 0 Å². The predicted octanol–water partition coefficient (Wildman–Crippen LogP) is 3.68. The molecule has 0 fully saturated rings. The second kappa shape index (κ2) is 8.44. The summed E-state index contributed by atoms with van der Waals surface area (Å²) in [4.78, 5) is 12.5. The van der Waals surface area contributed by atoms with E-state index in [0.717, 1.165) is 42.1 Å². The van der Waals surface area contributed by atoms with Crippen LogP contribution in [0.25, 0.3) is 0 Å².